The lowest BCUT2D eigenvalue weighted by Gasteiger charge is -2.17. The van der Waals surface area contributed by atoms with Crippen molar-refractivity contribution in [2.24, 2.45) is 0 Å². The van der Waals surface area contributed by atoms with Crippen molar-refractivity contribution < 1.29 is 14.3 Å². The first-order chi connectivity index (χ1) is 13.8. The Bertz CT molecular complexity index is 779. The van der Waals surface area contributed by atoms with Crippen molar-refractivity contribution in [2.75, 3.05) is 37.8 Å². The number of benzene rings is 2. The third kappa shape index (κ3) is 5.94. The minimum Gasteiger partial charge on any atom is -0.379 e. The SMILES string of the molecule is CCOCCOCc1cccc(CNC(=O)c2ccc(N3CC=CC3)cc2)c1. The van der Waals surface area contributed by atoms with Crippen LogP contribution in [0.15, 0.2) is 60.7 Å². The van der Waals surface area contributed by atoms with E-state index in [4.69, 9.17) is 9.47 Å². The van der Waals surface area contributed by atoms with Crippen LogP contribution in [0.3, 0.4) is 0 Å². The van der Waals surface area contributed by atoms with E-state index in [9.17, 15) is 4.79 Å². The average molecular weight is 380 g/mol. The number of nitrogens with one attached hydrogen (secondary N) is 1. The summed E-state index contributed by atoms with van der Waals surface area (Å²) in [4.78, 5) is 14.7. The standard InChI is InChI=1S/C23H28N2O3/c1-2-27-14-15-28-18-20-7-5-6-19(16-20)17-24-23(26)21-8-10-22(11-9-21)25-12-3-4-13-25/h3-11,16H,2,12-15,17-18H2,1H3,(H,24,26). The van der Waals surface area contributed by atoms with Gasteiger partial charge in [-0.15, -0.1) is 0 Å². The zero-order valence-corrected chi connectivity index (χ0v) is 16.4. The van der Waals surface area contributed by atoms with Gasteiger partial charge in [-0.25, -0.2) is 0 Å². The molecule has 0 unspecified atom stereocenters. The van der Waals surface area contributed by atoms with E-state index in [2.05, 4.69) is 28.4 Å². The molecule has 0 fully saturated rings. The molecule has 28 heavy (non-hydrogen) atoms. The highest BCUT2D eigenvalue weighted by atomic mass is 16.5. The number of hydrogen-bond acceptors (Lipinski definition) is 4. The third-order valence-electron chi connectivity index (χ3n) is 4.60. The van der Waals surface area contributed by atoms with Crippen LogP contribution in [-0.4, -0.2) is 38.8 Å². The molecule has 0 atom stereocenters. The van der Waals surface area contributed by atoms with Gasteiger partial charge in [-0.3, -0.25) is 4.79 Å². The molecule has 2 aromatic rings. The van der Waals surface area contributed by atoms with Crippen LogP contribution in [-0.2, 0) is 22.6 Å². The molecule has 0 spiro atoms. The molecule has 1 amide bonds. The number of hydrogen-bond donors (Lipinski definition) is 1. The van der Waals surface area contributed by atoms with Gasteiger partial charge < -0.3 is 19.7 Å². The van der Waals surface area contributed by atoms with Gasteiger partial charge in [0.15, 0.2) is 0 Å². The van der Waals surface area contributed by atoms with Crippen molar-refractivity contribution >= 4 is 11.6 Å². The Balaban J connectivity index is 1.46. The van der Waals surface area contributed by atoms with Crippen LogP contribution >= 0.6 is 0 Å². The van der Waals surface area contributed by atoms with E-state index >= 15 is 0 Å². The van der Waals surface area contributed by atoms with Crippen molar-refractivity contribution in [1.82, 2.24) is 5.32 Å². The predicted molar refractivity (Wildman–Crippen MR) is 112 cm³/mol. The zero-order valence-electron chi connectivity index (χ0n) is 16.4. The fourth-order valence-corrected chi connectivity index (χ4v) is 3.08. The van der Waals surface area contributed by atoms with Gasteiger partial charge in [0.05, 0.1) is 19.8 Å². The zero-order chi connectivity index (χ0) is 19.6. The number of ether oxygens (including phenoxy) is 2. The molecule has 0 bridgehead atoms. The van der Waals surface area contributed by atoms with Crippen LogP contribution in [0.4, 0.5) is 5.69 Å². The summed E-state index contributed by atoms with van der Waals surface area (Å²) in [5.74, 6) is -0.0653. The molecule has 0 aromatic heterocycles. The van der Waals surface area contributed by atoms with Crippen LogP contribution in [0.2, 0.25) is 0 Å². The monoisotopic (exact) mass is 380 g/mol. The molecule has 1 aliphatic rings. The first kappa shape index (κ1) is 20.1. The lowest BCUT2D eigenvalue weighted by molar-refractivity contribution is 0.0453. The molecule has 0 saturated heterocycles. The van der Waals surface area contributed by atoms with E-state index in [1.54, 1.807) is 0 Å². The van der Waals surface area contributed by atoms with E-state index in [-0.39, 0.29) is 5.91 Å². The van der Waals surface area contributed by atoms with Gasteiger partial charge in [-0.2, -0.15) is 0 Å². The molecule has 0 aliphatic carbocycles. The van der Waals surface area contributed by atoms with E-state index in [0.717, 1.165) is 29.9 Å². The normalized spacial score (nSPS) is 13.1. The average Bonchev–Trinajstić information content (AvgIpc) is 3.27. The highest BCUT2D eigenvalue weighted by molar-refractivity contribution is 5.94. The third-order valence-corrected chi connectivity index (χ3v) is 4.60. The van der Waals surface area contributed by atoms with Gasteiger partial charge in [0.25, 0.3) is 5.91 Å². The second-order valence-electron chi connectivity index (χ2n) is 6.68. The van der Waals surface area contributed by atoms with E-state index < -0.39 is 0 Å². The molecule has 3 rings (SSSR count). The number of amides is 1. The number of carbonyl (C=O) groups excluding carboxylic acids is 1. The van der Waals surface area contributed by atoms with Crippen LogP contribution < -0.4 is 10.2 Å². The molecule has 1 heterocycles. The summed E-state index contributed by atoms with van der Waals surface area (Å²) < 4.78 is 10.9. The number of rotatable bonds is 10. The second kappa shape index (κ2) is 10.6. The fourth-order valence-electron chi connectivity index (χ4n) is 3.08. The van der Waals surface area contributed by atoms with E-state index in [1.807, 2.05) is 49.4 Å². The minimum absolute atomic E-state index is 0.0653. The Hall–Kier alpha value is -2.63. The van der Waals surface area contributed by atoms with Crippen molar-refractivity contribution in [3.63, 3.8) is 0 Å². The van der Waals surface area contributed by atoms with Gasteiger partial charge in [-0.05, 0) is 42.3 Å². The highest BCUT2D eigenvalue weighted by Crippen LogP contribution is 2.17. The van der Waals surface area contributed by atoms with Gasteiger partial charge in [0, 0.05) is 37.5 Å². The lowest BCUT2D eigenvalue weighted by atomic mass is 10.1. The Morgan fingerprint density at radius 3 is 2.46 bits per heavy atom. The molecular formula is C23H28N2O3. The minimum atomic E-state index is -0.0653. The van der Waals surface area contributed by atoms with Crippen LogP contribution in [0.5, 0.6) is 0 Å². The number of nitrogens with zero attached hydrogens (tertiary/aromatic N) is 1. The molecule has 0 saturated carbocycles. The maximum absolute atomic E-state index is 12.4. The Morgan fingerprint density at radius 1 is 1.00 bits per heavy atom. The first-order valence-corrected chi connectivity index (χ1v) is 9.78. The predicted octanol–water partition coefficient (Wildman–Crippen LogP) is 3.55. The number of anilines is 1. The molecule has 5 heteroatoms. The molecule has 5 nitrogen and oxygen atoms in total. The smallest absolute Gasteiger partial charge is 0.251 e. The summed E-state index contributed by atoms with van der Waals surface area (Å²) in [7, 11) is 0. The van der Waals surface area contributed by atoms with Crippen LogP contribution in [0, 0.1) is 0 Å². The highest BCUT2D eigenvalue weighted by Gasteiger charge is 2.10. The van der Waals surface area contributed by atoms with Gasteiger partial charge in [0.2, 0.25) is 0 Å². The van der Waals surface area contributed by atoms with Crippen LogP contribution in [0.25, 0.3) is 0 Å². The topological polar surface area (TPSA) is 50.8 Å². The largest absolute Gasteiger partial charge is 0.379 e. The molecule has 1 aliphatic heterocycles. The van der Waals surface area contributed by atoms with Crippen molar-refractivity contribution in [2.45, 2.75) is 20.1 Å². The fraction of sp³-hybridized carbons (Fsp3) is 0.348. The summed E-state index contributed by atoms with van der Waals surface area (Å²) in [5, 5.41) is 2.99. The molecular weight excluding hydrogens is 352 g/mol. The quantitative estimate of drug-likeness (QED) is 0.506. The van der Waals surface area contributed by atoms with Crippen molar-refractivity contribution in [3.05, 3.63) is 77.4 Å². The summed E-state index contributed by atoms with van der Waals surface area (Å²) in [6.45, 7) is 6.76. The van der Waals surface area contributed by atoms with Crippen molar-refractivity contribution in [3.8, 4) is 0 Å². The second-order valence-corrected chi connectivity index (χ2v) is 6.68. The molecule has 1 N–H and O–H groups in total. The van der Waals surface area contributed by atoms with Gasteiger partial charge in [0.1, 0.15) is 0 Å². The van der Waals surface area contributed by atoms with Crippen molar-refractivity contribution in [1.29, 1.82) is 0 Å². The molecule has 2 aromatic carbocycles. The molecule has 0 radical (unpaired) electrons. The van der Waals surface area contributed by atoms with Gasteiger partial charge in [-0.1, -0.05) is 36.4 Å². The summed E-state index contributed by atoms with van der Waals surface area (Å²) >= 11 is 0. The maximum Gasteiger partial charge on any atom is 0.251 e. The van der Waals surface area contributed by atoms with Crippen LogP contribution in [0.1, 0.15) is 28.4 Å². The summed E-state index contributed by atoms with van der Waals surface area (Å²) in [6.07, 6.45) is 4.30. The first-order valence-electron chi connectivity index (χ1n) is 9.78. The lowest BCUT2D eigenvalue weighted by Crippen LogP contribution is -2.23. The Kier molecular flexibility index (Phi) is 7.64. The van der Waals surface area contributed by atoms with Gasteiger partial charge >= 0.3 is 0 Å². The Morgan fingerprint density at radius 2 is 1.71 bits per heavy atom. The Labute approximate surface area is 167 Å². The summed E-state index contributed by atoms with van der Waals surface area (Å²) in [5.41, 5.74) is 3.95. The maximum atomic E-state index is 12.4. The number of carbonyl (C=O) groups is 1. The molecule has 148 valence electrons. The van der Waals surface area contributed by atoms with E-state index in [0.29, 0.717) is 38.5 Å². The van der Waals surface area contributed by atoms with E-state index in [1.165, 1.54) is 0 Å². The summed E-state index contributed by atoms with van der Waals surface area (Å²) in [6, 6.07) is 15.8.